The lowest BCUT2D eigenvalue weighted by Gasteiger charge is -2.43. The molecule has 1 spiro atoms. The van der Waals surface area contributed by atoms with Gasteiger partial charge < -0.3 is 25.2 Å². The number of carbonyl (C=O) groups is 2. The second-order valence-corrected chi connectivity index (χ2v) is 8.81. The van der Waals surface area contributed by atoms with Crippen LogP contribution in [0.15, 0.2) is 24.3 Å². The molecule has 1 aromatic carbocycles. The van der Waals surface area contributed by atoms with Gasteiger partial charge in [-0.2, -0.15) is 0 Å². The van der Waals surface area contributed by atoms with E-state index < -0.39 is 17.2 Å². The maximum atomic E-state index is 12.7. The number of piperidine rings is 1. The number of benzene rings is 1. The predicted octanol–water partition coefficient (Wildman–Crippen LogP) is 2.59. The molecule has 2 aliphatic rings. The Bertz CT molecular complexity index is 709. The van der Waals surface area contributed by atoms with Crippen LogP contribution in [0.25, 0.3) is 0 Å². The van der Waals surface area contributed by atoms with Gasteiger partial charge in [-0.3, -0.25) is 4.79 Å². The maximum Gasteiger partial charge on any atom is 0.407 e. The van der Waals surface area contributed by atoms with Crippen molar-refractivity contribution < 1.29 is 14.3 Å². The van der Waals surface area contributed by atoms with E-state index in [9.17, 15) is 9.59 Å². The Morgan fingerprint density at radius 3 is 2.50 bits per heavy atom. The molecule has 2 amide bonds. The fourth-order valence-electron chi connectivity index (χ4n) is 3.82. The van der Waals surface area contributed by atoms with Crippen molar-refractivity contribution >= 4 is 29.3 Å². The van der Waals surface area contributed by atoms with Gasteiger partial charge in [0.25, 0.3) is 0 Å². The van der Waals surface area contributed by atoms with E-state index in [0.717, 1.165) is 38.2 Å². The zero-order chi connectivity index (χ0) is 20.4. The summed E-state index contributed by atoms with van der Waals surface area (Å²) in [5, 5.41) is 6.47. The number of ether oxygens (including phenoxy) is 1. The molecule has 2 heterocycles. The molecule has 2 fully saturated rings. The SMILES string of the molecule is CC(C)(C)OC(=O)NCCN1CCC2(CC1)C(=O)NCN2c1ccc(Cl)cc1. The van der Waals surface area contributed by atoms with Crippen LogP contribution in [0, 0.1) is 0 Å². The van der Waals surface area contributed by atoms with E-state index in [1.165, 1.54) is 0 Å². The molecule has 2 aliphatic heterocycles. The number of anilines is 1. The van der Waals surface area contributed by atoms with Crippen LogP contribution in [0.5, 0.6) is 0 Å². The number of hydrogen-bond donors (Lipinski definition) is 2. The van der Waals surface area contributed by atoms with Crippen molar-refractivity contribution in [2.24, 2.45) is 0 Å². The van der Waals surface area contributed by atoms with Crippen molar-refractivity contribution in [1.29, 1.82) is 0 Å². The van der Waals surface area contributed by atoms with E-state index in [1.807, 2.05) is 45.0 Å². The molecule has 8 heteroatoms. The summed E-state index contributed by atoms with van der Waals surface area (Å²) in [6, 6.07) is 7.62. The summed E-state index contributed by atoms with van der Waals surface area (Å²) in [6.07, 6.45) is 1.09. The summed E-state index contributed by atoms with van der Waals surface area (Å²) in [4.78, 5) is 28.9. The molecule has 7 nitrogen and oxygen atoms in total. The largest absolute Gasteiger partial charge is 0.444 e. The third-order valence-corrected chi connectivity index (χ3v) is 5.51. The van der Waals surface area contributed by atoms with Crippen molar-refractivity contribution in [2.45, 2.75) is 44.8 Å². The van der Waals surface area contributed by atoms with Gasteiger partial charge in [0.1, 0.15) is 11.1 Å². The van der Waals surface area contributed by atoms with Crippen LogP contribution in [0.1, 0.15) is 33.6 Å². The Morgan fingerprint density at radius 2 is 1.89 bits per heavy atom. The second-order valence-electron chi connectivity index (χ2n) is 8.37. The normalized spacial score (nSPS) is 19.6. The Morgan fingerprint density at radius 1 is 1.25 bits per heavy atom. The van der Waals surface area contributed by atoms with Gasteiger partial charge in [0.05, 0.1) is 6.67 Å². The molecule has 0 unspecified atom stereocenters. The van der Waals surface area contributed by atoms with Gasteiger partial charge in [-0.25, -0.2) is 4.79 Å². The molecule has 2 saturated heterocycles. The lowest BCUT2D eigenvalue weighted by atomic mass is 9.85. The molecule has 0 saturated carbocycles. The summed E-state index contributed by atoms with van der Waals surface area (Å²) < 4.78 is 5.25. The highest BCUT2D eigenvalue weighted by Crippen LogP contribution is 2.36. The number of amides is 2. The Kier molecular flexibility index (Phi) is 6.05. The second kappa shape index (κ2) is 8.17. The van der Waals surface area contributed by atoms with Crippen molar-refractivity contribution in [3.8, 4) is 0 Å². The molecule has 0 aliphatic carbocycles. The van der Waals surface area contributed by atoms with E-state index >= 15 is 0 Å². The minimum atomic E-state index is -0.511. The quantitative estimate of drug-likeness (QED) is 0.801. The number of likely N-dealkylation sites (tertiary alicyclic amines) is 1. The minimum Gasteiger partial charge on any atom is -0.444 e. The fourth-order valence-corrected chi connectivity index (χ4v) is 3.95. The first kappa shape index (κ1) is 20.7. The van der Waals surface area contributed by atoms with Gasteiger partial charge in [0.2, 0.25) is 5.91 Å². The summed E-state index contributed by atoms with van der Waals surface area (Å²) in [7, 11) is 0. The van der Waals surface area contributed by atoms with Crippen molar-refractivity contribution in [3.63, 3.8) is 0 Å². The van der Waals surface area contributed by atoms with Crippen molar-refractivity contribution in [3.05, 3.63) is 29.3 Å². The number of nitrogens with one attached hydrogen (secondary N) is 2. The molecule has 0 atom stereocenters. The first-order chi connectivity index (χ1) is 13.2. The number of alkyl carbamates (subject to hydrolysis) is 1. The lowest BCUT2D eigenvalue weighted by Crippen LogP contribution is -2.57. The summed E-state index contributed by atoms with van der Waals surface area (Å²) in [5.41, 5.74) is -0.00587. The Balaban J connectivity index is 1.53. The average molecular weight is 409 g/mol. The number of hydrogen-bond acceptors (Lipinski definition) is 5. The molecule has 0 radical (unpaired) electrons. The molecular weight excluding hydrogens is 380 g/mol. The van der Waals surface area contributed by atoms with Gasteiger partial charge in [-0.15, -0.1) is 0 Å². The van der Waals surface area contributed by atoms with Crippen LogP contribution < -0.4 is 15.5 Å². The Labute approximate surface area is 171 Å². The van der Waals surface area contributed by atoms with Gasteiger partial charge in [0.15, 0.2) is 0 Å². The molecule has 154 valence electrons. The highest BCUT2D eigenvalue weighted by Gasteiger charge is 2.50. The number of halogens is 1. The lowest BCUT2D eigenvalue weighted by molar-refractivity contribution is -0.125. The molecule has 3 rings (SSSR count). The highest BCUT2D eigenvalue weighted by molar-refractivity contribution is 6.30. The zero-order valence-electron chi connectivity index (χ0n) is 16.8. The van der Waals surface area contributed by atoms with E-state index in [-0.39, 0.29) is 5.91 Å². The van der Waals surface area contributed by atoms with Gasteiger partial charge >= 0.3 is 6.09 Å². The smallest absolute Gasteiger partial charge is 0.407 e. The molecule has 0 bridgehead atoms. The summed E-state index contributed by atoms with van der Waals surface area (Å²) in [5.74, 6) is 0.0916. The number of nitrogens with zero attached hydrogens (tertiary/aromatic N) is 2. The van der Waals surface area contributed by atoms with E-state index in [0.29, 0.717) is 18.2 Å². The molecule has 28 heavy (non-hydrogen) atoms. The van der Waals surface area contributed by atoms with E-state index in [4.69, 9.17) is 16.3 Å². The van der Waals surface area contributed by atoms with E-state index in [1.54, 1.807) is 0 Å². The van der Waals surface area contributed by atoms with Gasteiger partial charge in [-0.1, -0.05) is 11.6 Å². The monoisotopic (exact) mass is 408 g/mol. The van der Waals surface area contributed by atoms with Gasteiger partial charge in [-0.05, 0) is 57.9 Å². The highest BCUT2D eigenvalue weighted by atomic mass is 35.5. The van der Waals surface area contributed by atoms with Gasteiger partial charge in [0, 0.05) is 36.9 Å². The fraction of sp³-hybridized carbons (Fsp3) is 0.600. The van der Waals surface area contributed by atoms with Crippen LogP contribution >= 0.6 is 11.6 Å². The molecule has 0 aromatic heterocycles. The maximum absolute atomic E-state index is 12.7. The third kappa shape index (κ3) is 4.70. The Hall–Kier alpha value is -1.99. The summed E-state index contributed by atoms with van der Waals surface area (Å²) in [6.45, 7) is 8.90. The van der Waals surface area contributed by atoms with Crippen LogP contribution in [0.3, 0.4) is 0 Å². The number of rotatable bonds is 4. The third-order valence-electron chi connectivity index (χ3n) is 5.25. The van der Waals surface area contributed by atoms with Crippen LogP contribution in [0.2, 0.25) is 5.02 Å². The van der Waals surface area contributed by atoms with Crippen molar-refractivity contribution in [2.75, 3.05) is 37.7 Å². The van der Waals surface area contributed by atoms with Crippen LogP contribution in [0.4, 0.5) is 10.5 Å². The number of carbonyl (C=O) groups excluding carboxylic acids is 2. The first-order valence-corrected chi connectivity index (χ1v) is 10.1. The average Bonchev–Trinajstić information content (AvgIpc) is 2.92. The molecular formula is C20H29ClN4O3. The minimum absolute atomic E-state index is 0.0916. The van der Waals surface area contributed by atoms with Crippen LogP contribution in [-0.2, 0) is 9.53 Å². The predicted molar refractivity (Wildman–Crippen MR) is 110 cm³/mol. The zero-order valence-corrected chi connectivity index (χ0v) is 17.5. The van der Waals surface area contributed by atoms with Crippen molar-refractivity contribution in [1.82, 2.24) is 15.5 Å². The first-order valence-electron chi connectivity index (χ1n) is 9.70. The summed E-state index contributed by atoms with van der Waals surface area (Å²) >= 11 is 6.00. The van der Waals surface area contributed by atoms with Crippen LogP contribution in [-0.4, -0.2) is 60.9 Å². The standard InChI is InChI=1S/C20H29ClN4O3/c1-19(2,3)28-18(27)22-10-13-24-11-8-20(9-12-24)17(26)23-14-25(20)16-6-4-15(21)5-7-16/h4-7H,8-14H2,1-3H3,(H,22,27)(H,23,26). The molecule has 2 N–H and O–H groups in total. The topological polar surface area (TPSA) is 73.9 Å². The molecule has 1 aromatic rings. The van der Waals surface area contributed by atoms with E-state index in [2.05, 4.69) is 20.4 Å².